The molecular formula is C24H22N4O3. The number of rotatable bonds is 3. The van der Waals surface area contributed by atoms with Gasteiger partial charge in [0.05, 0.1) is 24.7 Å². The number of amides is 1. The molecule has 0 saturated heterocycles. The van der Waals surface area contributed by atoms with Crippen LogP contribution in [0.3, 0.4) is 0 Å². The zero-order chi connectivity index (χ0) is 21.5. The summed E-state index contributed by atoms with van der Waals surface area (Å²) in [7, 11) is 3.30. The minimum absolute atomic E-state index is 0.118. The van der Waals surface area contributed by atoms with Crippen molar-refractivity contribution in [3.8, 4) is 5.75 Å². The van der Waals surface area contributed by atoms with Crippen LogP contribution in [0.2, 0.25) is 0 Å². The highest BCUT2D eigenvalue weighted by Gasteiger charge is 2.35. The number of carbonyl (C=O) groups is 1. The molecule has 0 spiro atoms. The molecule has 1 aliphatic heterocycles. The first-order valence-electron chi connectivity index (χ1n) is 10.1. The van der Waals surface area contributed by atoms with E-state index in [0.717, 1.165) is 22.7 Å². The summed E-state index contributed by atoms with van der Waals surface area (Å²) in [6.07, 6.45) is 4.01. The molecule has 0 radical (unpaired) electrons. The minimum Gasteiger partial charge on any atom is -0.497 e. The molecule has 1 atom stereocenters. The van der Waals surface area contributed by atoms with Gasteiger partial charge in [-0.25, -0.2) is 4.98 Å². The van der Waals surface area contributed by atoms with E-state index in [1.165, 1.54) is 4.57 Å². The Morgan fingerprint density at radius 3 is 2.61 bits per heavy atom. The number of H-pyrrole nitrogens is 1. The van der Waals surface area contributed by atoms with Gasteiger partial charge in [-0.15, -0.1) is 0 Å². The summed E-state index contributed by atoms with van der Waals surface area (Å²) in [4.78, 5) is 36.0. The van der Waals surface area contributed by atoms with E-state index >= 15 is 0 Å². The minimum atomic E-state index is -0.329. The average molecular weight is 414 g/mol. The Labute approximate surface area is 178 Å². The normalized spacial score (nSPS) is 15.7. The molecule has 1 N–H and O–H groups in total. The lowest BCUT2D eigenvalue weighted by molar-refractivity contribution is 0.0692. The molecule has 156 valence electrons. The fourth-order valence-electron chi connectivity index (χ4n) is 4.36. The molecule has 0 saturated carbocycles. The van der Waals surface area contributed by atoms with Crippen molar-refractivity contribution in [1.29, 1.82) is 0 Å². The predicted octanol–water partition coefficient (Wildman–Crippen LogP) is 3.06. The molecule has 0 aliphatic carbocycles. The number of aromatic amines is 1. The quantitative estimate of drug-likeness (QED) is 0.559. The number of hydrogen-bond donors (Lipinski definition) is 1. The fourth-order valence-corrected chi connectivity index (χ4v) is 4.36. The highest BCUT2D eigenvalue weighted by Crippen LogP contribution is 2.35. The van der Waals surface area contributed by atoms with Crippen molar-refractivity contribution < 1.29 is 9.53 Å². The number of nitrogens with zero attached hydrogens (tertiary/aromatic N) is 3. The Morgan fingerprint density at radius 1 is 1.13 bits per heavy atom. The second kappa shape index (κ2) is 7.43. The number of aromatic nitrogens is 3. The maximum Gasteiger partial charge on any atom is 0.258 e. The van der Waals surface area contributed by atoms with Crippen LogP contribution in [0.15, 0.2) is 65.8 Å². The highest BCUT2D eigenvalue weighted by atomic mass is 16.5. The highest BCUT2D eigenvalue weighted by molar-refractivity contribution is 6.06. The molecule has 2 aromatic heterocycles. The molecule has 0 bridgehead atoms. The van der Waals surface area contributed by atoms with Crippen LogP contribution in [0.25, 0.3) is 10.8 Å². The van der Waals surface area contributed by atoms with Crippen LogP contribution in [-0.4, -0.2) is 39.0 Å². The molecule has 31 heavy (non-hydrogen) atoms. The largest absolute Gasteiger partial charge is 0.497 e. The van der Waals surface area contributed by atoms with Gasteiger partial charge in [0.1, 0.15) is 11.8 Å². The first-order chi connectivity index (χ1) is 15.1. The third-order valence-electron chi connectivity index (χ3n) is 5.94. The van der Waals surface area contributed by atoms with Crippen molar-refractivity contribution in [2.75, 3.05) is 13.7 Å². The van der Waals surface area contributed by atoms with E-state index in [0.29, 0.717) is 29.3 Å². The van der Waals surface area contributed by atoms with Crippen LogP contribution in [0.1, 0.15) is 33.4 Å². The molecule has 7 heteroatoms. The Balaban J connectivity index is 1.65. The Hall–Kier alpha value is -3.87. The number of ether oxygens (including phenoxy) is 1. The number of methoxy groups -OCH3 is 1. The molecule has 3 heterocycles. The third kappa shape index (κ3) is 3.09. The van der Waals surface area contributed by atoms with E-state index in [9.17, 15) is 9.59 Å². The van der Waals surface area contributed by atoms with Gasteiger partial charge in [0.15, 0.2) is 0 Å². The van der Waals surface area contributed by atoms with E-state index < -0.39 is 0 Å². The molecule has 2 aromatic carbocycles. The average Bonchev–Trinajstić information content (AvgIpc) is 3.29. The lowest BCUT2D eigenvalue weighted by Crippen LogP contribution is -2.41. The van der Waals surface area contributed by atoms with Crippen LogP contribution in [0.4, 0.5) is 0 Å². The smallest absolute Gasteiger partial charge is 0.258 e. The third-order valence-corrected chi connectivity index (χ3v) is 5.94. The molecule has 0 unspecified atom stereocenters. The van der Waals surface area contributed by atoms with Gasteiger partial charge in [0.25, 0.3) is 11.5 Å². The van der Waals surface area contributed by atoms with Crippen molar-refractivity contribution in [3.63, 3.8) is 0 Å². The standard InChI is InChI=1S/C24H22N4O3/c1-27-13-19(17-5-3-4-6-18(17)23(27)29)24(30)28-12-11-20-21(26-14-25-20)22(28)15-7-9-16(31-2)10-8-15/h3-10,13-14,22H,11-12H2,1-2H3,(H,25,26)/t22-/m0/s1. The lowest BCUT2D eigenvalue weighted by atomic mass is 9.94. The zero-order valence-corrected chi connectivity index (χ0v) is 17.3. The number of nitrogens with one attached hydrogen (secondary N) is 1. The Morgan fingerprint density at radius 2 is 1.87 bits per heavy atom. The predicted molar refractivity (Wildman–Crippen MR) is 117 cm³/mol. The molecule has 4 aromatic rings. The Kier molecular flexibility index (Phi) is 4.58. The summed E-state index contributed by atoms with van der Waals surface area (Å²) in [5.41, 5.74) is 3.23. The second-order valence-corrected chi connectivity index (χ2v) is 7.69. The maximum atomic E-state index is 13.9. The van der Waals surface area contributed by atoms with E-state index in [2.05, 4.69) is 9.97 Å². The monoisotopic (exact) mass is 414 g/mol. The van der Waals surface area contributed by atoms with E-state index in [1.54, 1.807) is 32.7 Å². The summed E-state index contributed by atoms with van der Waals surface area (Å²) in [6, 6.07) is 14.6. The van der Waals surface area contributed by atoms with E-state index in [1.807, 2.05) is 47.4 Å². The molecule has 5 rings (SSSR count). The molecule has 1 aliphatic rings. The van der Waals surface area contributed by atoms with Gasteiger partial charge in [-0.05, 0) is 23.8 Å². The van der Waals surface area contributed by atoms with Crippen molar-refractivity contribution in [1.82, 2.24) is 19.4 Å². The van der Waals surface area contributed by atoms with E-state index in [4.69, 9.17) is 4.74 Å². The van der Waals surface area contributed by atoms with Gasteiger partial charge < -0.3 is 19.2 Å². The van der Waals surface area contributed by atoms with Gasteiger partial charge >= 0.3 is 0 Å². The fraction of sp³-hybridized carbons (Fsp3) is 0.208. The number of carbonyl (C=O) groups excluding carboxylic acids is 1. The number of aryl methyl sites for hydroxylation is 1. The number of fused-ring (bicyclic) bond motifs is 2. The van der Waals surface area contributed by atoms with Crippen LogP contribution in [0, 0.1) is 0 Å². The van der Waals surface area contributed by atoms with E-state index in [-0.39, 0.29) is 17.5 Å². The van der Waals surface area contributed by atoms with Gasteiger partial charge in [-0.2, -0.15) is 0 Å². The number of benzene rings is 2. The Bertz CT molecular complexity index is 1340. The van der Waals surface area contributed by atoms with Crippen molar-refractivity contribution in [3.05, 3.63) is 93.9 Å². The summed E-state index contributed by atoms with van der Waals surface area (Å²) in [5, 5.41) is 1.20. The van der Waals surface area contributed by atoms with Crippen LogP contribution < -0.4 is 10.3 Å². The summed E-state index contributed by atoms with van der Waals surface area (Å²) in [5.74, 6) is 0.630. The zero-order valence-electron chi connectivity index (χ0n) is 17.3. The SMILES string of the molecule is COc1ccc([C@H]2c3nc[nH]c3CCN2C(=O)c2cn(C)c(=O)c3ccccc23)cc1. The summed E-state index contributed by atoms with van der Waals surface area (Å²) < 4.78 is 6.77. The topological polar surface area (TPSA) is 80.2 Å². The first-order valence-corrected chi connectivity index (χ1v) is 10.1. The van der Waals surface area contributed by atoms with Gasteiger partial charge in [-0.3, -0.25) is 9.59 Å². The van der Waals surface area contributed by atoms with Gasteiger partial charge in [0, 0.05) is 42.7 Å². The van der Waals surface area contributed by atoms with Crippen molar-refractivity contribution >= 4 is 16.7 Å². The summed E-state index contributed by atoms with van der Waals surface area (Å²) >= 11 is 0. The van der Waals surface area contributed by atoms with Crippen molar-refractivity contribution in [2.24, 2.45) is 7.05 Å². The van der Waals surface area contributed by atoms with Crippen LogP contribution in [-0.2, 0) is 13.5 Å². The lowest BCUT2D eigenvalue weighted by Gasteiger charge is -2.35. The van der Waals surface area contributed by atoms with Gasteiger partial charge in [0.2, 0.25) is 0 Å². The number of imidazole rings is 1. The molecular weight excluding hydrogens is 392 g/mol. The van der Waals surface area contributed by atoms with Crippen LogP contribution in [0.5, 0.6) is 5.75 Å². The molecule has 7 nitrogen and oxygen atoms in total. The molecule has 1 amide bonds. The van der Waals surface area contributed by atoms with Crippen LogP contribution >= 0.6 is 0 Å². The number of pyridine rings is 1. The maximum absolute atomic E-state index is 13.9. The number of hydrogen-bond acceptors (Lipinski definition) is 4. The summed E-state index contributed by atoms with van der Waals surface area (Å²) in [6.45, 7) is 0.544. The van der Waals surface area contributed by atoms with Crippen molar-refractivity contribution in [2.45, 2.75) is 12.5 Å². The van der Waals surface area contributed by atoms with Gasteiger partial charge in [-0.1, -0.05) is 30.3 Å². The second-order valence-electron chi connectivity index (χ2n) is 7.69. The first kappa shape index (κ1) is 19.1. The molecule has 0 fully saturated rings.